The van der Waals surface area contributed by atoms with Crippen molar-refractivity contribution in [3.05, 3.63) is 21.9 Å². The van der Waals surface area contributed by atoms with Crippen molar-refractivity contribution < 1.29 is 9.90 Å². The Bertz CT molecular complexity index is 364. The van der Waals surface area contributed by atoms with Crippen LogP contribution in [0.15, 0.2) is 11.4 Å². The molecule has 1 N–H and O–H groups in total. The van der Waals surface area contributed by atoms with Crippen molar-refractivity contribution in [3.63, 3.8) is 0 Å². The van der Waals surface area contributed by atoms with Crippen LogP contribution in [-0.4, -0.2) is 11.1 Å². The van der Waals surface area contributed by atoms with Gasteiger partial charge in [-0.2, -0.15) is 5.26 Å². The van der Waals surface area contributed by atoms with E-state index in [-0.39, 0.29) is 5.92 Å². The summed E-state index contributed by atoms with van der Waals surface area (Å²) in [6, 6.07) is 3.87. The van der Waals surface area contributed by atoms with Crippen molar-refractivity contribution in [1.29, 1.82) is 5.26 Å². The average Bonchev–Trinajstić information content (AvgIpc) is 2.61. The minimum Gasteiger partial charge on any atom is -0.481 e. The SMILES string of the molecule is CC(CCc1cc(C#N)cs1)C(=O)O. The summed E-state index contributed by atoms with van der Waals surface area (Å²) < 4.78 is 0. The number of carboxylic acid groups (broad SMARTS) is 1. The Morgan fingerprint density at radius 3 is 3.00 bits per heavy atom. The number of rotatable bonds is 4. The summed E-state index contributed by atoms with van der Waals surface area (Å²) in [7, 11) is 0. The van der Waals surface area contributed by atoms with Crippen LogP contribution in [0.5, 0.6) is 0 Å². The minimum atomic E-state index is -0.762. The van der Waals surface area contributed by atoms with Crippen molar-refractivity contribution in [3.8, 4) is 6.07 Å². The molecule has 0 aromatic carbocycles. The second-order valence-corrected chi connectivity index (χ2v) is 4.19. The van der Waals surface area contributed by atoms with E-state index < -0.39 is 5.97 Å². The highest BCUT2D eigenvalue weighted by Crippen LogP contribution is 2.17. The Kier molecular flexibility index (Phi) is 3.66. The fourth-order valence-corrected chi connectivity index (χ4v) is 1.88. The number of nitriles is 1. The van der Waals surface area contributed by atoms with Crippen LogP contribution in [0.1, 0.15) is 23.8 Å². The summed E-state index contributed by atoms with van der Waals surface area (Å²) in [4.78, 5) is 11.6. The highest BCUT2D eigenvalue weighted by atomic mass is 32.1. The fourth-order valence-electron chi connectivity index (χ4n) is 1.05. The molecule has 0 amide bonds. The maximum Gasteiger partial charge on any atom is 0.306 e. The Balaban J connectivity index is 2.46. The highest BCUT2D eigenvalue weighted by Gasteiger charge is 2.11. The molecule has 14 heavy (non-hydrogen) atoms. The van der Waals surface area contributed by atoms with E-state index in [1.54, 1.807) is 12.3 Å². The van der Waals surface area contributed by atoms with Crippen LogP contribution in [0.2, 0.25) is 0 Å². The first kappa shape index (κ1) is 10.7. The second-order valence-electron chi connectivity index (χ2n) is 3.19. The largest absolute Gasteiger partial charge is 0.481 e. The lowest BCUT2D eigenvalue weighted by Gasteiger charge is -2.03. The number of hydrogen-bond donors (Lipinski definition) is 1. The fraction of sp³-hybridized carbons (Fsp3) is 0.400. The number of aryl methyl sites for hydroxylation is 1. The van der Waals surface area contributed by atoms with E-state index in [1.165, 1.54) is 11.3 Å². The van der Waals surface area contributed by atoms with Crippen LogP contribution >= 0.6 is 11.3 Å². The molecule has 0 saturated heterocycles. The molecule has 74 valence electrons. The van der Waals surface area contributed by atoms with Gasteiger partial charge in [-0.05, 0) is 18.9 Å². The molecule has 1 aromatic rings. The van der Waals surface area contributed by atoms with E-state index in [1.807, 2.05) is 6.07 Å². The van der Waals surface area contributed by atoms with E-state index in [0.29, 0.717) is 12.0 Å². The molecule has 0 aliphatic rings. The van der Waals surface area contributed by atoms with Gasteiger partial charge < -0.3 is 5.11 Å². The smallest absolute Gasteiger partial charge is 0.306 e. The zero-order valence-electron chi connectivity index (χ0n) is 7.86. The number of hydrogen-bond acceptors (Lipinski definition) is 3. The zero-order valence-corrected chi connectivity index (χ0v) is 8.67. The Hall–Kier alpha value is -1.34. The molecule has 1 heterocycles. The summed E-state index contributed by atoms with van der Waals surface area (Å²) >= 11 is 1.51. The molecule has 1 unspecified atom stereocenters. The summed E-state index contributed by atoms with van der Waals surface area (Å²) in [5, 5.41) is 19.0. The topological polar surface area (TPSA) is 61.1 Å². The lowest BCUT2D eigenvalue weighted by molar-refractivity contribution is -0.141. The normalized spacial score (nSPS) is 12.0. The van der Waals surface area contributed by atoms with Gasteiger partial charge in [-0.25, -0.2) is 0 Å². The van der Waals surface area contributed by atoms with E-state index in [4.69, 9.17) is 10.4 Å². The molecule has 0 fully saturated rings. The van der Waals surface area contributed by atoms with Crippen molar-refractivity contribution in [2.75, 3.05) is 0 Å². The molecular weight excluding hydrogens is 198 g/mol. The van der Waals surface area contributed by atoms with Gasteiger partial charge in [-0.1, -0.05) is 6.92 Å². The molecule has 0 aliphatic heterocycles. The standard InChI is InChI=1S/C10H11NO2S/c1-7(10(12)13)2-3-9-4-8(5-11)6-14-9/h4,6-7H,2-3H2,1H3,(H,12,13). The van der Waals surface area contributed by atoms with E-state index in [9.17, 15) is 4.79 Å². The molecule has 3 nitrogen and oxygen atoms in total. The third-order valence-electron chi connectivity index (χ3n) is 2.03. The number of thiophene rings is 1. The molecule has 0 radical (unpaired) electrons. The maximum atomic E-state index is 10.5. The third kappa shape index (κ3) is 2.86. The first-order chi connectivity index (χ1) is 6.63. The molecular formula is C10H11NO2S. The summed E-state index contributed by atoms with van der Waals surface area (Å²) in [5.41, 5.74) is 0.660. The van der Waals surface area contributed by atoms with Crippen LogP contribution in [-0.2, 0) is 11.2 Å². The van der Waals surface area contributed by atoms with E-state index in [0.717, 1.165) is 11.3 Å². The van der Waals surface area contributed by atoms with Gasteiger partial charge in [0.2, 0.25) is 0 Å². The molecule has 0 bridgehead atoms. The predicted octanol–water partition coefficient (Wildman–Crippen LogP) is 2.27. The van der Waals surface area contributed by atoms with Gasteiger partial charge in [0.15, 0.2) is 0 Å². The molecule has 1 aromatic heterocycles. The Morgan fingerprint density at radius 2 is 2.50 bits per heavy atom. The van der Waals surface area contributed by atoms with Crippen LogP contribution in [0, 0.1) is 17.2 Å². The zero-order chi connectivity index (χ0) is 10.6. The van der Waals surface area contributed by atoms with E-state index in [2.05, 4.69) is 6.07 Å². The highest BCUT2D eigenvalue weighted by molar-refractivity contribution is 7.10. The molecule has 0 saturated carbocycles. The maximum absolute atomic E-state index is 10.5. The number of carboxylic acids is 1. The van der Waals surface area contributed by atoms with Gasteiger partial charge in [0.1, 0.15) is 0 Å². The van der Waals surface area contributed by atoms with Crippen molar-refractivity contribution in [2.24, 2.45) is 5.92 Å². The van der Waals surface area contributed by atoms with Crippen LogP contribution in [0.25, 0.3) is 0 Å². The molecule has 1 rings (SSSR count). The molecule has 1 atom stereocenters. The number of aliphatic carboxylic acids is 1. The summed E-state index contributed by atoms with van der Waals surface area (Å²) in [5.74, 6) is -1.08. The number of nitrogens with zero attached hydrogens (tertiary/aromatic N) is 1. The first-order valence-electron chi connectivity index (χ1n) is 4.34. The van der Waals surface area contributed by atoms with Crippen molar-refractivity contribution in [1.82, 2.24) is 0 Å². The molecule has 0 aliphatic carbocycles. The molecule has 0 spiro atoms. The monoisotopic (exact) mass is 209 g/mol. The summed E-state index contributed by atoms with van der Waals surface area (Å²) in [6.45, 7) is 1.70. The predicted molar refractivity (Wildman–Crippen MR) is 54.2 cm³/mol. The van der Waals surface area contributed by atoms with Crippen LogP contribution in [0.3, 0.4) is 0 Å². The van der Waals surface area contributed by atoms with Crippen LogP contribution < -0.4 is 0 Å². The minimum absolute atomic E-state index is 0.317. The van der Waals surface area contributed by atoms with Gasteiger partial charge in [-0.15, -0.1) is 11.3 Å². The van der Waals surface area contributed by atoms with Gasteiger partial charge in [0.25, 0.3) is 0 Å². The van der Waals surface area contributed by atoms with Crippen molar-refractivity contribution in [2.45, 2.75) is 19.8 Å². The quantitative estimate of drug-likeness (QED) is 0.827. The lowest BCUT2D eigenvalue weighted by atomic mass is 10.1. The summed E-state index contributed by atoms with van der Waals surface area (Å²) in [6.07, 6.45) is 1.36. The third-order valence-corrected chi connectivity index (χ3v) is 3.02. The van der Waals surface area contributed by atoms with Crippen LogP contribution in [0.4, 0.5) is 0 Å². The lowest BCUT2D eigenvalue weighted by Crippen LogP contribution is -2.09. The van der Waals surface area contributed by atoms with Gasteiger partial charge >= 0.3 is 5.97 Å². The van der Waals surface area contributed by atoms with Gasteiger partial charge in [0, 0.05) is 10.3 Å². The Labute approximate surface area is 86.6 Å². The Morgan fingerprint density at radius 1 is 1.79 bits per heavy atom. The molecule has 4 heteroatoms. The first-order valence-corrected chi connectivity index (χ1v) is 5.21. The van der Waals surface area contributed by atoms with Gasteiger partial charge in [-0.3, -0.25) is 4.79 Å². The van der Waals surface area contributed by atoms with Gasteiger partial charge in [0.05, 0.1) is 17.6 Å². The second kappa shape index (κ2) is 4.77. The van der Waals surface area contributed by atoms with E-state index >= 15 is 0 Å². The average molecular weight is 209 g/mol. The number of carbonyl (C=O) groups is 1. The van der Waals surface area contributed by atoms with Crippen molar-refractivity contribution >= 4 is 17.3 Å².